The molecule has 1 aliphatic heterocycles. The number of rotatable bonds is 5. The molecule has 1 saturated heterocycles. The second-order valence-corrected chi connectivity index (χ2v) is 7.26. The molecular weight excluding hydrogens is 282 g/mol. The van der Waals surface area contributed by atoms with Gasteiger partial charge in [0.15, 0.2) is 0 Å². The second kappa shape index (κ2) is 5.17. The lowest BCUT2D eigenvalue weighted by Gasteiger charge is -2.16. The average molecular weight is 299 g/mol. The summed E-state index contributed by atoms with van der Waals surface area (Å²) < 4.78 is 36.3. The molecule has 1 atom stereocenters. The number of methoxy groups -OCH3 is 1. The molecule has 2 heterocycles. The fraction of sp³-hybridized carbons (Fsp3) is 0.667. The Bertz CT molecular complexity index is 571. The van der Waals surface area contributed by atoms with Crippen molar-refractivity contribution in [3.8, 4) is 11.8 Å². The summed E-state index contributed by atoms with van der Waals surface area (Å²) in [6.45, 7) is 0.916. The maximum absolute atomic E-state index is 12.1. The van der Waals surface area contributed by atoms with E-state index in [4.69, 9.17) is 9.47 Å². The zero-order valence-corrected chi connectivity index (χ0v) is 12.0. The normalized spacial score (nSPS) is 23.8. The van der Waals surface area contributed by atoms with Gasteiger partial charge in [-0.05, 0) is 19.3 Å². The molecule has 7 nitrogen and oxygen atoms in total. The molecule has 1 aromatic rings. The lowest BCUT2D eigenvalue weighted by atomic mass is 10.3. The molecule has 0 radical (unpaired) electrons. The van der Waals surface area contributed by atoms with Crippen LogP contribution in [0.2, 0.25) is 0 Å². The predicted octanol–water partition coefficient (Wildman–Crippen LogP) is 0.430. The summed E-state index contributed by atoms with van der Waals surface area (Å²) in [6.07, 6.45) is 2.09. The Balaban J connectivity index is 1.59. The highest BCUT2D eigenvalue weighted by Crippen LogP contribution is 2.33. The molecule has 0 amide bonds. The van der Waals surface area contributed by atoms with Crippen molar-refractivity contribution in [3.63, 3.8) is 0 Å². The van der Waals surface area contributed by atoms with Gasteiger partial charge in [0.05, 0.1) is 18.9 Å². The standard InChI is InChI=1S/C12H17N3O4S/c1-18-11-4-5-12(14-13-11)19-9-6-7-15(8-9)20(16,17)10-2-3-10/h4-5,9-10H,2-3,6-8H2,1H3/t9-/m0/s1. The maximum Gasteiger partial charge on any atom is 0.233 e. The average Bonchev–Trinajstić information content (AvgIpc) is 3.21. The Labute approximate surface area is 117 Å². The molecule has 0 bridgehead atoms. The Morgan fingerprint density at radius 1 is 1.20 bits per heavy atom. The molecule has 8 heteroatoms. The number of nitrogens with zero attached hydrogens (tertiary/aromatic N) is 3. The molecule has 110 valence electrons. The summed E-state index contributed by atoms with van der Waals surface area (Å²) in [7, 11) is -1.59. The monoisotopic (exact) mass is 299 g/mol. The molecule has 0 N–H and O–H groups in total. The van der Waals surface area contributed by atoms with Crippen molar-refractivity contribution in [2.45, 2.75) is 30.6 Å². The van der Waals surface area contributed by atoms with Crippen LogP contribution < -0.4 is 9.47 Å². The van der Waals surface area contributed by atoms with Crippen LogP contribution >= 0.6 is 0 Å². The van der Waals surface area contributed by atoms with Crippen molar-refractivity contribution >= 4 is 10.0 Å². The number of sulfonamides is 1. The van der Waals surface area contributed by atoms with Crippen LogP contribution in [-0.4, -0.2) is 54.5 Å². The van der Waals surface area contributed by atoms with Gasteiger partial charge in [0, 0.05) is 18.7 Å². The van der Waals surface area contributed by atoms with E-state index in [1.54, 1.807) is 12.1 Å². The van der Waals surface area contributed by atoms with Gasteiger partial charge >= 0.3 is 0 Å². The van der Waals surface area contributed by atoms with E-state index in [0.29, 0.717) is 31.3 Å². The van der Waals surface area contributed by atoms with Crippen LogP contribution in [0.5, 0.6) is 11.8 Å². The molecule has 0 unspecified atom stereocenters. The summed E-state index contributed by atoms with van der Waals surface area (Å²) in [5.41, 5.74) is 0. The van der Waals surface area contributed by atoms with Crippen molar-refractivity contribution in [2.75, 3.05) is 20.2 Å². The van der Waals surface area contributed by atoms with E-state index in [0.717, 1.165) is 12.8 Å². The third-order valence-corrected chi connectivity index (χ3v) is 5.89. The van der Waals surface area contributed by atoms with E-state index in [2.05, 4.69) is 10.2 Å². The van der Waals surface area contributed by atoms with Gasteiger partial charge in [0.25, 0.3) is 0 Å². The first-order valence-electron chi connectivity index (χ1n) is 6.63. The highest BCUT2D eigenvalue weighted by atomic mass is 32.2. The lowest BCUT2D eigenvalue weighted by molar-refractivity contribution is 0.203. The van der Waals surface area contributed by atoms with Gasteiger partial charge in [-0.25, -0.2) is 8.42 Å². The third-order valence-electron chi connectivity index (χ3n) is 3.53. The molecule has 2 aliphatic rings. The van der Waals surface area contributed by atoms with Gasteiger partial charge in [0.1, 0.15) is 6.10 Å². The van der Waals surface area contributed by atoms with Gasteiger partial charge in [-0.15, -0.1) is 10.2 Å². The van der Waals surface area contributed by atoms with Gasteiger partial charge in [-0.3, -0.25) is 0 Å². The zero-order chi connectivity index (χ0) is 14.2. The maximum atomic E-state index is 12.1. The van der Waals surface area contributed by atoms with Crippen LogP contribution in [0.15, 0.2) is 12.1 Å². The SMILES string of the molecule is COc1ccc(O[C@H]2CCN(S(=O)(=O)C3CC3)C2)nn1. The molecular formula is C12H17N3O4S. The first kappa shape index (κ1) is 13.6. The summed E-state index contributed by atoms with van der Waals surface area (Å²) in [6, 6.07) is 3.33. The van der Waals surface area contributed by atoms with Crippen molar-refractivity contribution in [2.24, 2.45) is 0 Å². The van der Waals surface area contributed by atoms with E-state index in [9.17, 15) is 8.42 Å². The molecule has 0 spiro atoms. The minimum atomic E-state index is -3.10. The van der Waals surface area contributed by atoms with E-state index < -0.39 is 10.0 Å². The highest BCUT2D eigenvalue weighted by Gasteiger charge is 2.43. The Hall–Kier alpha value is -1.41. The smallest absolute Gasteiger partial charge is 0.233 e. The molecule has 1 aliphatic carbocycles. The second-order valence-electron chi connectivity index (χ2n) is 5.04. The fourth-order valence-corrected chi connectivity index (χ4v) is 4.14. The largest absolute Gasteiger partial charge is 0.480 e. The Morgan fingerprint density at radius 2 is 1.90 bits per heavy atom. The van der Waals surface area contributed by atoms with E-state index in [-0.39, 0.29) is 11.4 Å². The molecule has 2 fully saturated rings. The predicted molar refractivity (Wildman–Crippen MR) is 71.1 cm³/mol. The first-order valence-corrected chi connectivity index (χ1v) is 8.13. The fourth-order valence-electron chi connectivity index (χ4n) is 2.25. The lowest BCUT2D eigenvalue weighted by Crippen LogP contribution is -2.33. The quantitative estimate of drug-likeness (QED) is 0.784. The number of ether oxygens (including phenoxy) is 2. The summed E-state index contributed by atoms with van der Waals surface area (Å²) >= 11 is 0. The van der Waals surface area contributed by atoms with E-state index in [1.165, 1.54) is 11.4 Å². The Morgan fingerprint density at radius 3 is 2.50 bits per heavy atom. The van der Waals surface area contributed by atoms with Crippen LogP contribution in [0.4, 0.5) is 0 Å². The van der Waals surface area contributed by atoms with Crippen LogP contribution in [0.25, 0.3) is 0 Å². The van der Waals surface area contributed by atoms with Crippen LogP contribution in [0, 0.1) is 0 Å². The molecule has 20 heavy (non-hydrogen) atoms. The van der Waals surface area contributed by atoms with Crippen LogP contribution in [0.3, 0.4) is 0 Å². The molecule has 0 aromatic carbocycles. The minimum Gasteiger partial charge on any atom is -0.480 e. The summed E-state index contributed by atoms with van der Waals surface area (Å²) in [5, 5.41) is 7.53. The minimum absolute atomic E-state index is 0.161. The third kappa shape index (κ3) is 2.71. The molecule has 1 aromatic heterocycles. The van der Waals surface area contributed by atoms with E-state index >= 15 is 0 Å². The number of hydrogen-bond donors (Lipinski definition) is 0. The molecule has 3 rings (SSSR count). The van der Waals surface area contributed by atoms with Crippen molar-refractivity contribution < 1.29 is 17.9 Å². The van der Waals surface area contributed by atoms with Crippen molar-refractivity contribution in [3.05, 3.63) is 12.1 Å². The van der Waals surface area contributed by atoms with Crippen LogP contribution in [0.1, 0.15) is 19.3 Å². The Kier molecular flexibility index (Phi) is 3.51. The van der Waals surface area contributed by atoms with Gasteiger partial charge < -0.3 is 9.47 Å². The van der Waals surface area contributed by atoms with Gasteiger partial charge in [0.2, 0.25) is 21.8 Å². The number of hydrogen-bond acceptors (Lipinski definition) is 6. The summed E-state index contributed by atoms with van der Waals surface area (Å²) in [4.78, 5) is 0. The zero-order valence-electron chi connectivity index (χ0n) is 11.2. The van der Waals surface area contributed by atoms with Crippen molar-refractivity contribution in [1.29, 1.82) is 0 Å². The van der Waals surface area contributed by atoms with Crippen molar-refractivity contribution in [1.82, 2.24) is 14.5 Å². The topological polar surface area (TPSA) is 81.6 Å². The van der Waals surface area contributed by atoms with E-state index in [1.807, 2.05) is 0 Å². The van der Waals surface area contributed by atoms with Crippen LogP contribution in [-0.2, 0) is 10.0 Å². The van der Waals surface area contributed by atoms with Gasteiger partial charge in [-0.2, -0.15) is 4.31 Å². The first-order chi connectivity index (χ1) is 9.59. The van der Waals surface area contributed by atoms with Gasteiger partial charge in [-0.1, -0.05) is 0 Å². The highest BCUT2D eigenvalue weighted by molar-refractivity contribution is 7.90. The molecule has 1 saturated carbocycles. The number of aromatic nitrogens is 2. The summed E-state index contributed by atoms with van der Waals surface area (Å²) in [5.74, 6) is 0.808.